The summed E-state index contributed by atoms with van der Waals surface area (Å²) in [5.74, 6) is -0.115. The Labute approximate surface area is 189 Å². The van der Waals surface area contributed by atoms with Crippen LogP contribution < -0.4 is 14.9 Å². The number of amides is 1. The predicted octanol–water partition coefficient (Wildman–Crippen LogP) is 5.04. The molecule has 7 heteroatoms. The summed E-state index contributed by atoms with van der Waals surface area (Å²) in [6, 6.07) is 22.0. The molecule has 0 unspecified atom stereocenters. The predicted molar refractivity (Wildman–Crippen MR) is 124 cm³/mol. The summed E-state index contributed by atoms with van der Waals surface area (Å²) in [5, 5.41) is 15.8. The maximum Gasteiger partial charge on any atom is 0.275 e. The van der Waals surface area contributed by atoms with Gasteiger partial charge < -0.3 is 14.6 Å². The molecule has 0 atom stereocenters. The van der Waals surface area contributed by atoms with E-state index in [1.165, 1.54) is 19.4 Å². The first kappa shape index (κ1) is 21.8. The average molecular weight is 444 g/mol. The van der Waals surface area contributed by atoms with E-state index in [0.29, 0.717) is 22.6 Å². The summed E-state index contributed by atoms with van der Waals surface area (Å²) in [4.78, 5) is 12.5. The van der Waals surface area contributed by atoms with Crippen molar-refractivity contribution in [2.45, 2.75) is 6.61 Å². The number of phenolic OH excluding ortho intramolecular Hbond substituents is 1. The third-order valence-electron chi connectivity index (χ3n) is 5.02. The smallest absolute Gasteiger partial charge is 0.275 e. The van der Waals surface area contributed by atoms with Crippen LogP contribution in [0.2, 0.25) is 0 Å². The summed E-state index contributed by atoms with van der Waals surface area (Å²) in [6.07, 6.45) is 1.44. The van der Waals surface area contributed by atoms with Gasteiger partial charge in [-0.05, 0) is 52.7 Å². The molecule has 0 aliphatic heterocycles. The van der Waals surface area contributed by atoms with E-state index in [1.807, 2.05) is 24.3 Å². The summed E-state index contributed by atoms with van der Waals surface area (Å²) < 4.78 is 24.8. The van der Waals surface area contributed by atoms with Gasteiger partial charge in [0.15, 0.2) is 11.5 Å². The largest absolute Gasteiger partial charge is 0.507 e. The monoisotopic (exact) mass is 444 g/mol. The highest BCUT2D eigenvalue weighted by Crippen LogP contribution is 2.29. The molecule has 6 nitrogen and oxygen atoms in total. The second kappa shape index (κ2) is 9.82. The summed E-state index contributed by atoms with van der Waals surface area (Å²) in [6.45, 7) is 0.0573. The number of aromatic hydroxyl groups is 1. The van der Waals surface area contributed by atoms with Gasteiger partial charge in [-0.2, -0.15) is 5.10 Å². The van der Waals surface area contributed by atoms with Crippen molar-refractivity contribution in [3.63, 3.8) is 0 Å². The Morgan fingerprint density at radius 3 is 2.48 bits per heavy atom. The van der Waals surface area contributed by atoms with Gasteiger partial charge in [-0.3, -0.25) is 4.79 Å². The second-order valence-corrected chi connectivity index (χ2v) is 7.21. The van der Waals surface area contributed by atoms with E-state index >= 15 is 0 Å². The van der Waals surface area contributed by atoms with Crippen LogP contribution in [0.4, 0.5) is 4.39 Å². The van der Waals surface area contributed by atoms with Crippen LogP contribution in [0.5, 0.6) is 17.2 Å². The fourth-order valence-corrected chi connectivity index (χ4v) is 3.29. The summed E-state index contributed by atoms with van der Waals surface area (Å²) in [7, 11) is 1.50. The van der Waals surface area contributed by atoms with E-state index in [4.69, 9.17) is 9.47 Å². The topological polar surface area (TPSA) is 80.2 Å². The highest BCUT2D eigenvalue weighted by Gasteiger charge is 2.12. The molecular formula is C26H21FN2O4. The summed E-state index contributed by atoms with van der Waals surface area (Å²) >= 11 is 0. The number of nitrogens with one attached hydrogen (secondary N) is 1. The van der Waals surface area contributed by atoms with Crippen molar-refractivity contribution in [3.05, 3.63) is 101 Å². The molecule has 4 rings (SSSR count). The lowest BCUT2D eigenvalue weighted by Crippen LogP contribution is -2.17. The number of hydrazone groups is 1. The molecule has 166 valence electrons. The van der Waals surface area contributed by atoms with Crippen LogP contribution in [0.1, 0.15) is 21.5 Å². The Kier molecular flexibility index (Phi) is 6.50. The van der Waals surface area contributed by atoms with Gasteiger partial charge >= 0.3 is 0 Å². The molecule has 0 saturated heterocycles. The molecule has 0 aliphatic rings. The van der Waals surface area contributed by atoms with Gasteiger partial charge in [0.1, 0.15) is 18.2 Å². The molecule has 0 radical (unpaired) electrons. The molecule has 0 spiro atoms. The number of hydrogen-bond acceptors (Lipinski definition) is 5. The van der Waals surface area contributed by atoms with Crippen molar-refractivity contribution in [2.75, 3.05) is 7.11 Å². The van der Waals surface area contributed by atoms with E-state index in [9.17, 15) is 14.3 Å². The number of hydrogen-bond donors (Lipinski definition) is 2. The lowest BCUT2D eigenvalue weighted by atomic mass is 10.1. The van der Waals surface area contributed by atoms with Crippen molar-refractivity contribution in [3.8, 4) is 17.2 Å². The number of fused-ring (bicyclic) bond motifs is 1. The van der Waals surface area contributed by atoms with Crippen molar-refractivity contribution in [1.82, 2.24) is 5.43 Å². The van der Waals surface area contributed by atoms with Gasteiger partial charge in [0.25, 0.3) is 5.91 Å². The average Bonchev–Trinajstić information content (AvgIpc) is 2.83. The Balaban J connectivity index is 1.43. The van der Waals surface area contributed by atoms with Gasteiger partial charge in [0.05, 0.1) is 18.9 Å². The highest BCUT2D eigenvalue weighted by atomic mass is 19.1. The molecule has 2 N–H and O–H groups in total. The number of phenols is 1. The van der Waals surface area contributed by atoms with Crippen LogP contribution in [-0.4, -0.2) is 24.3 Å². The molecule has 0 bridgehead atoms. The Bertz CT molecular complexity index is 1340. The van der Waals surface area contributed by atoms with E-state index in [2.05, 4.69) is 10.5 Å². The summed E-state index contributed by atoms with van der Waals surface area (Å²) in [5.41, 5.74) is 3.62. The lowest BCUT2D eigenvalue weighted by molar-refractivity contribution is 0.0952. The molecule has 4 aromatic rings. The lowest BCUT2D eigenvalue weighted by Gasteiger charge is -2.11. The van der Waals surface area contributed by atoms with Gasteiger partial charge in [0.2, 0.25) is 0 Å². The maximum atomic E-state index is 13.8. The van der Waals surface area contributed by atoms with E-state index < -0.39 is 5.91 Å². The number of carbonyl (C=O) groups excluding carboxylic acids is 1. The van der Waals surface area contributed by atoms with E-state index in [0.717, 1.165) is 10.8 Å². The molecule has 33 heavy (non-hydrogen) atoms. The molecule has 0 fully saturated rings. The SMILES string of the molecule is COc1cc(C=NNC(=O)c2cc3ccccc3cc2O)ccc1OCc1ccccc1F. The third-order valence-corrected chi connectivity index (χ3v) is 5.02. The molecule has 1 amide bonds. The zero-order valence-corrected chi connectivity index (χ0v) is 17.8. The number of rotatable bonds is 7. The zero-order valence-electron chi connectivity index (χ0n) is 17.8. The normalized spacial score (nSPS) is 11.0. The van der Waals surface area contributed by atoms with E-state index in [-0.39, 0.29) is 23.7 Å². The number of nitrogens with zero attached hydrogens (tertiary/aromatic N) is 1. The van der Waals surface area contributed by atoms with Crippen LogP contribution >= 0.6 is 0 Å². The minimum atomic E-state index is -0.536. The minimum absolute atomic E-state index is 0.0573. The van der Waals surface area contributed by atoms with E-state index in [1.54, 1.807) is 48.5 Å². The van der Waals surface area contributed by atoms with Gasteiger partial charge in [-0.1, -0.05) is 42.5 Å². The Hall–Kier alpha value is -4.39. The molecule has 0 aromatic heterocycles. The first-order chi connectivity index (χ1) is 16.0. The molecule has 0 saturated carbocycles. The van der Waals surface area contributed by atoms with Crippen molar-refractivity contribution >= 4 is 22.9 Å². The van der Waals surface area contributed by atoms with Crippen LogP contribution in [-0.2, 0) is 6.61 Å². The van der Waals surface area contributed by atoms with Crippen LogP contribution in [0.25, 0.3) is 10.8 Å². The van der Waals surface area contributed by atoms with Crippen molar-refractivity contribution in [1.29, 1.82) is 0 Å². The molecule has 0 aliphatic carbocycles. The fourth-order valence-electron chi connectivity index (χ4n) is 3.29. The third kappa shape index (κ3) is 5.10. The fraction of sp³-hybridized carbons (Fsp3) is 0.0769. The highest BCUT2D eigenvalue weighted by molar-refractivity contribution is 6.01. The number of carbonyl (C=O) groups is 1. The minimum Gasteiger partial charge on any atom is -0.507 e. The number of halogens is 1. The van der Waals surface area contributed by atoms with Crippen LogP contribution in [0.15, 0.2) is 84.0 Å². The second-order valence-electron chi connectivity index (χ2n) is 7.21. The molecular weight excluding hydrogens is 423 g/mol. The van der Waals surface area contributed by atoms with Crippen molar-refractivity contribution in [2.24, 2.45) is 5.10 Å². The van der Waals surface area contributed by atoms with Gasteiger partial charge in [0, 0.05) is 5.56 Å². The quantitative estimate of drug-likeness (QED) is 0.309. The molecule has 4 aromatic carbocycles. The number of methoxy groups -OCH3 is 1. The maximum absolute atomic E-state index is 13.8. The Morgan fingerprint density at radius 1 is 1.00 bits per heavy atom. The Morgan fingerprint density at radius 2 is 1.73 bits per heavy atom. The standard InChI is InChI=1S/C26H21FN2O4/c1-32-25-12-17(10-11-24(25)33-16-20-8-4-5-9-22(20)27)15-28-29-26(31)21-13-18-6-2-3-7-19(18)14-23(21)30/h2-15,30H,16H2,1H3,(H,29,31). The zero-order chi connectivity index (χ0) is 23.2. The van der Waals surface area contributed by atoms with Gasteiger partial charge in [-0.15, -0.1) is 0 Å². The van der Waals surface area contributed by atoms with Crippen LogP contribution in [0.3, 0.4) is 0 Å². The van der Waals surface area contributed by atoms with Gasteiger partial charge in [-0.25, -0.2) is 9.82 Å². The number of ether oxygens (including phenoxy) is 2. The van der Waals surface area contributed by atoms with Crippen molar-refractivity contribution < 1.29 is 23.8 Å². The first-order valence-corrected chi connectivity index (χ1v) is 10.1. The molecule has 0 heterocycles. The first-order valence-electron chi connectivity index (χ1n) is 10.1. The van der Waals surface area contributed by atoms with Crippen LogP contribution in [0, 0.1) is 5.82 Å². The number of benzene rings is 4.